The van der Waals surface area contributed by atoms with Crippen molar-refractivity contribution in [1.29, 1.82) is 0 Å². The van der Waals surface area contributed by atoms with Crippen molar-refractivity contribution in [2.75, 3.05) is 7.11 Å². The Hall–Kier alpha value is -3.94. The summed E-state index contributed by atoms with van der Waals surface area (Å²) in [5.41, 5.74) is -4.48. The lowest BCUT2D eigenvalue weighted by Gasteiger charge is -2.32. The Bertz CT molecular complexity index is 1470. The van der Waals surface area contributed by atoms with Crippen molar-refractivity contribution in [2.24, 2.45) is 0 Å². The molecule has 5 nitrogen and oxygen atoms in total. The lowest BCUT2D eigenvalue weighted by Crippen LogP contribution is -2.41. The molecule has 0 saturated carbocycles. The van der Waals surface area contributed by atoms with E-state index in [-0.39, 0.29) is 41.0 Å². The standard InChI is InChI=1S/C30H28F9NO4/c1-15(2)17-5-8-25(44-4)24(12-17)23-7-6-20(28(31,32)33)11-19(23)14-40(27(42)43)16(3)26(41)18-9-21(29(34,35)36)13-22(10-18)30(37,38)39/h5-13,15-16,26,41H,14H2,1-4H3,(H,42,43)/t16-,26-/m0/s1. The number of aliphatic hydroxyl groups is 1. The van der Waals surface area contributed by atoms with Gasteiger partial charge in [0.25, 0.3) is 0 Å². The normalized spacial score (nSPS) is 14.0. The van der Waals surface area contributed by atoms with Gasteiger partial charge in [0.15, 0.2) is 0 Å². The predicted molar refractivity (Wildman–Crippen MR) is 142 cm³/mol. The minimum atomic E-state index is -5.23. The van der Waals surface area contributed by atoms with E-state index in [1.165, 1.54) is 7.11 Å². The maximum Gasteiger partial charge on any atom is 0.416 e. The van der Waals surface area contributed by atoms with Crippen LogP contribution < -0.4 is 4.74 Å². The van der Waals surface area contributed by atoms with E-state index in [2.05, 4.69) is 0 Å². The first kappa shape index (κ1) is 34.5. The summed E-state index contributed by atoms with van der Waals surface area (Å²) in [6.07, 6.45) is -19.3. The number of ether oxygens (including phenoxy) is 1. The first-order chi connectivity index (χ1) is 20.1. The molecule has 0 fully saturated rings. The van der Waals surface area contributed by atoms with Crippen molar-refractivity contribution in [3.05, 3.63) is 88.0 Å². The molecular weight excluding hydrogens is 609 g/mol. The Morgan fingerprint density at radius 2 is 1.30 bits per heavy atom. The van der Waals surface area contributed by atoms with Crippen molar-refractivity contribution < 1.29 is 59.3 Å². The fraction of sp³-hybridized carbons (Fsp3) is 0.367. The van der Waals surface area contributed by atoms with Crippen LogP contribution in [0.5, 0.6) is 5.75 Å². The highest BCUT2D eigenvalue weighted by molar-refractivity contribution is 5.75. The minimum absolute atomic E-state index is 0.0164. The monoisotopic (exact) mass is 637 g/mol. The second kappa shape index (κ2) is 12.6. The summed E-state index contributed by atoms with van der Waals surface area (Å²) < 4.78 is 127. The molecule has 2 atom stereocenters. The van der Waals surface area contributed by atoms with Crippen LogP contribution in [-0.2, 0) is 25.1 Å². The third-order valence-electron chi connectivity index (χ3n) is 7.10. The summed E-state index contributed by atoms with van der Waals surface area (Å²) in [4.78, 5) is 12.8. The summed E-state index contributed by atoms with van der Waals surface area (Å²) in [6.45, 7) is 3.92. The summed E-state index contributed by atoms with van der Waals surface area (Å²) in [5, 5.41) is 20.9. The average Bonchev–Trinajstić information content (AvgIpc) is 2.92. The van der Waals surface area contributed by atoms with Crippen LogP contribution >= 0.6 is 0 Å². The minimum Gasteiger partial charge on any atom is -0.496 e. The van der Waals surface area contributed by atoms with Gasteiger partial charge < -0.3 is 14.9 Å². The Morgan fingerprint density at radius 3 is 1.75 bits per heavy atom. The second-order valence-electron chi connectivity index (χ2n) is 10.4. The Kier molecular flexibility index (Phi) is 9.88. The molecule has 0 aromatic heterocycles. The molecule has 3 rings (SSSR count). The van der Waals surface area contributed by atoms with Crippen LogP contribution in [0.4, 0.5) is 44.3 Å². The summed E-state index contributed by atoms with van der Waals surface area (Å²) in [5.74, 6) is 0.228. The fourth-order valence-corrected chi connectivity index (χ4v) is 4.63. The van der Waals surface area contributed by atoms with Crippen molar-refractivity contribution in [3.8, 4) is 16.9 Å². The van der Waals surface area contributed by atoms with E-state index in [0.717, 1.165) is 24.6 Å². The molecule has 0 radical (unpaired) electrons. The molecule has 0 spiro atoms. The smallest absolute Gasteiger partial charge is 0.416 e. The van der Waals surface area contributed by atoms with Gasteiger partial charge in [-0.05, 0) is 77.6 Å². The summed E-state index contributed by atoms with van der Waals surface area (Å²) >= 11 is 0. The zero-order valence-electron chi connectivity index (χ0n) is 23.7. The highest BCUT2D eigenvalue weighted by Crippen LogP contribution is 2.41. The SMILES string of the molecule is COc1ccc(C(C)C)cc1-c1ccc(C(F)(F)F)cc1CN(C(=O)O)[C@@H](C)[C@H](O)c1cc(C(F)(F)F)cc(C(F)(F)F)c1. The zero-order valence-corrected chi connectivity index (χ0v) is 23.7. The van der Waals surface area contributed by atoms with Gasteiger partial charge in [-0.25, -0.2) is 4.79 Å². The van der Waals surface area contributed by atoms with Gasteiger partial charge in [0.1, 0.15) is 5.75 Å². The number of methoxy groups -OCH3 is 1. The van der Waals surface area contributed by atoms with Crippen LogP contribution in [0.1, 0.15) is 66.2 Å². The molecule has 0 aliphatic rings. The van der Waals surface area contributed by atoms with Gasteiger partial charge >= 0.3 is 24.6 Å². The van der Waals surface area contributed by atoms with Crippen LogP contribution in [0.25, 0.3) is 11.1 Å². The number of benzene rings is 3. The van der Waals surface area contributed by atoms with Gasteiger partial charge in [0.2, 0.25) is 0 Å². The number of nitrogens with zero attached hydrogens (tertiary/aromatic N) is 1. The van der Waals surface area contributed by atoms with Crippen molar-refractivity contribution >= 4 is 6.09 Å². The van der Waals surface area contributed by atoms with Crippen LogP contribution in [0, 0.1) is 0 Å². The van der Waals surface area contributed by atoms with Crippen molar-refractivity contribution in [3.63, 3.8) is 0 Å². The highest BCUT2D eigenvalue weighted by atomic mass is 19.4. The second-order valence-corrected chi connectivity index (χ2v) is 10.4. The lowest BCUT2D eigenvalue weighted by molar-refractivity contribution is -0.143. The number of carbonyl (C=O) groups is 1. The van der Waals surface area contributed by atoms with Crippen molar-refractivity contribution in [1.82, 2.24) is 4.90 Å². The van der Waals surface area contributed by atoms with E-state index >= 15 is 0 Å². The third kappa shape index (κ3) is 7.76. The lowest BCUT2D eigenvalue weighted by atomic mass is 9.92. The molecule has 240 valence electrons. The maximum atomic E-state index is 13.7. The van der Waals surface area contributed by atoms with Gasteiger partial charge in [0, 0.05) is 5.56 Å². The molecule has 0 heterocycles. The number of aliphatic hydroxyl groups excluding tert-OH is 1. The first-order valence-electron chi connectivity index (χ1n) is 13.0. The summed E-state index contributed by atoms with van der Waals surface area (Å²) in [7, 11) is 1.32. The fourth-order valence-electron chi connectivity index (χ4n) is 4.63. The number of amides is 1. The number of alkyl halides is 9. The van der Waals surface area contributed by atoms with E-state index in [0.29, 0.717) is 16.5 Å². The molecule has 0 bridgehead atoms. The molecule has 1 amide bonds. The largest absolute Gasteiger partial charge is 0.496 e. The van der Waals surface area contributed by atoms with E-state index in [9.17, 15) is 54.5 Å². The topological polar surface area (TPSA) is 70.0 Å². The van der Waals surface area contributed by atoms with Crippen LogP contribution in [0.15, 0.2) is 54.6 Å². The Morgan fingerprint density at radius 1 is 0.750 bits per heavy atom. The number of hydrogen-bond acceptors (Lipinski definition) is 3. The van der Waals surface area contributed by atoms with Gasteiger partial charge in [-0.2, -0.15) is 39.5 Å². The quantitative estimate of drug-likeness (QED) is 0.242. The predicted octanol–water partition coefficient (Wildman–Crippen LogP) is 9.14. The van der Waals surface area contributed by atoms with E-state index < -0.39 is 65.6 Å². The summed E-state index contributed by atoms with van der Waals surface area (Å²) in [6, 6.07) is 6.21. The Balaban J connectivity index is 2.17. The average molecular weight is 638 g/mol. The van der Waals surface area contributed by atoms with Crippen LogP contribution in [0.2, 0.25) is 0 Å². The number of carboxylic acid groups (broad SMARTS) is 1. The third-order valence-corrected chi connectivity index (χ3v) is 7.10. The van der Waals surface area contributed by atoms with Gasteiger partial charge in [-0.3, -0.25) is 4.90 Å². The maximum absolute atomic E-state index is 13.7. The molecule has 2 N–H and O–H groups in total. The molecule has 0 unspecified atom stereocenters. The van der Waals surface area contributed by atoms with Gasteiger partial charge in [-0.15, -0.1) is 0 Å². The Labute approximate surface area is 246 Å². The highest BCUT2D eigenvalue weighted by Gasteiger charge is 2.39. The number of hydrogen-bond donors (Lipinski definition) is 2. The first-order valence-corrected chi connectivity index (χ1v) is 13.0. The van der Waals surface area contributed by atoms with Gasteiger partial charge in [0.05, 0.1) is 42.5 Å². The molecule has 0 saturated heterocycles. The van der Waals surface area contributed by atoms with E-state index in [1.807, 2.05) is 13.8 Å². The number of halogens is 9. The van der Waals surface area contributed by atoms with E-state index in [4.69, 9.17) is 4.74 Å². The molecule has 14 heteroatoms. The molecule has 0 aliphatic heterocycles. The van der Waals surface area contributed by atoms with Crippen LogP contribution in [-0.4, -0.2) is 34.4 Å². The molecule has 3 aromatic rings. The zero-order chi connectivity index (χ0) is 33.4. The molecular formula is C30H28F9NO4. The van der Waals surface area contributed by atoms with Gasteiger partial charge in [-0.1, -0.05) is 26.0 Å². The molecule has 3 aromatic carbocycles. The van der Waals surface area contributed by atoms with E-state index in [1.54, 1.807) is 18.2 Å². The molecule has 0 aliphatic carbocycles. The molecule has 44 heavy (non-hydrogen) atoms. The van der Waals surface area contributed by atoms with Crippen molar-refractivity contribution in [2.45, 2.75) is 63.9 Å². The number of rotatable bonds is 8. The van der Waals surface area contributed by atoms with Crippen LogP contribution in [0.3, 0.4) is 0 Å².